The van der Waals surface area contributed by atoms with Gasteiger partial charge in [0.25, 0.3) is 0 Å². The molecule has 0 saturated heterocycles. The van der Waals surface area contributed by atoms with E-state index in [0.717, 1.165) is 11.1 Å². The maximum atomic E-state index is 5.50. The summed E-state index contributed by atoms with van der Waals surface area (Å²) in [5, 5.41) is 0. The normalized spacial score (nSPS) is 9.59. The van der Waals surface area contributed by atoms with E-state index in [4.69, 9.17) is 6.42 Å². The fraction of sp³-hybridized carbons (Fsp3) is 0.143. The Labute approximate surface area is 101 Å². The lowest BCUT2D eigenvalue weighted by atomic mass is 10.2. The highest BCUT2D eigenvalue weighted by molar-refractivity contribution is 5.13. The predicted molar refractivity (Wildman–Crippen MR) is 66.6 cm³/mol. The first kappa shape index (κ1) is 11.2. The average molecular weight is 223 g/mol. The van der Waals surface area contributed by atoms with E-state index in [-0.39, 0.29) is 0 Å². The zero-order valence-electron chi connectivity index (χ0n) is 9.45. The number of aromatic nitrogens is 2. The highest BCUT2D eigenvalue weighted by Crippen LogP contribution is 2.06. The van der Waals surface area contributed by atoms with Crippen molar-refractivity contribution in [1.82, 2.24) is 14.9 Å². The van der Waals surface area contributed by atoms with Gasteiger partial charge in [0.2, 0.25) is 0 Å². The van der Waals surface area contributed by atoms with E-state index in [2.05, 4.69) is 16.0 Å². The van der Waals surface area contributed by atoms with Gasteiger partial charge in [0, 0.05) is 30.8 Å². The summed E-state index contributed by atoms with van der Waals surface area (Å²) >= 11 is 0. The van der Waals surface area contributed by atoms with Gasteiger partial charge in [0.05, 0.1) is 13.1 Å². The smallest absolute Gasteiger partial charge is 0.0530 e. The van der Waals surface area contributed by atoms with Gasteiger partial charge in [-0.1, -0.05) is 18.6 Å². The number of terminal acetylenes is 1. The Morgan fingerprint density at radius 3 is 1.88 bits per heavy atom. The van der Waals surface area contributed by atoms with Crippen LogP contribution >= 0.6 is 0 Å². The van der Waals surface area contributed by atoms with E-state index < -0.39 is 0 Å². The summed E-state index contributed by atoms with van der Waals surface area (Å²) < 4.78 is 0. The van der Waals surface area contributed by atoms with Crippen LogP contribution < -0.4 is 0 Å². The molecular formula is C14H13N3. The fourth-order valence-corrected chi connectivity index (χ4v) is 1.57. The highest BCUT2D eigenvalue weighted by atomic mass is 15.1. The number of rotatable bonds is 4. The van der Waals surface area contributed by atoms with Crippen LogP contribution in [0.15, 0.2) is 49.1 Å². The topological polar surface area (TPSA) is 29.0 Å². The molecule has 0 aliphatic carbocycles. The number of nitrogens with zero attached hydrogens (tertiary/aromatic N) is 3. The van der Waals surface area contributed by atoms with Crippen molar-refractivity contribution in [2.45, 2.75) is 13.1 Å². The lowest BCUT2D eigenvalue weighted by molar-refractivity contribution is 0.385. The van der Waals surface area contributed by atoms with Crippen molar-refractivity contribution in [3.05, 3.63) is 60.2 Å². The van der Waals surface area contributed by atoms with E-state index in [1.165, 1.54) is 0 Å². The highest BCUT2D eigenvalue weighted by Gasteiger charge is 2.02. The molecule has 84 valence electrons. The van der Waals surface area contributed by atoms with Crippen molar-refractivity contribution in [3.63, 3.8) is 0 Å². The predicted octanol–water partition coefficient (Wildman–Crippen LogP) is 2.07. The summed E-state index contributed by atoms with van der Waals surface area (Å²) in [6.45, 7) is 1.39. The third-order valence-corrected chi connectivity index (χ3v) is 2.38. The molecule has 3 heteroatoms. The summed E-state index contributed by atoms with van der Waals surface area (Å²) in [5.41, 5.74) is 2.21. The van der Waals surface area contributed by atoms with Crippen molar-refractivity contribution in [2.75, 3.05) is 0 Å². The molecule has 17 heavy (non-hydrogen) atoms. The molecule has 0 spiro atoms. The zero-order valence-corrected chi connectivity index (χ0v) is 9.45. The molecule has 0 fully saturated rings. The van der Waals surface area contributed by atoms with Crippen molar-refractivity contribution in [3.8, 4) is 12.5 Å². The summed E-state index contributed by atoms with van der Waals surface area (Å²) in [6.07, 6.45) is 12.7. The van der Waals surface area contributed by atoms with Crippen LogP contribution in [0.25, 0.3) is 0 Å². The Kier molecular flexibility index (Phi) is 3.72. The molecule has 0 unspecified atom stereocenters. The third kappa shape index (κ3) is 3.32. The largest absolute Gasteiger partial charge is 0.324 e. The minimum absolute atomic E-state index is 0.694. The van der Waals surface area contributed by atoms with E-state index >= 15 is 0 Å². The molecule has 0 aromatic carbocycles. The SMILES string of the molecule is C#CN(Cc1cccnc1)Cc1cccnc1. The third-order valence-electron chi connectivity index (χ3n) is 2.38. The van der Waals surface area contributed by atoms with Crippen molar-refractivity contribution in [2.24, 2.45) is 0 Å². The molecular weight excluding hydrogens is 210 g/mol. The van der Waals surface area contributed by atoms with Gasteiger partial charge in [-0.3, -0.25) is 9.97 Å². The van der Waals surface area contributed by atoms with Crippen molar-refractivity contribution >= 4 is 0 Å². The van der Waals surface area contributed by atoms with Gasteiger partial charge in [0.15, 0.2) is 0 Å². The Bertz CT molecular complexity index is 446. The maximum Gasteiger partial charge on any atom is 0.0530 e. The molecule has 2 heterocycles. The van der Waals surface area contributed by atoms with Crippen LogP contribution in [0, 0.1) is 12.5 Å². The second-order valence-corrected chi connectivity index (χ2v) is 3.71. The summed E-state index contributed by atoms with van der Waals surface area (Å²) in [5.74, 6) is 0. The molecule has 0 bridgehead atoms. The lowest BCUT2D eigenvalue weighted by Gasteiger charge is -2.17. The molecule has 0 atom stereocenters. The van der Waals surface area contributed by atoms with Crippen molar-refractivity contribution in [1.29, 1.82) is 0 Å². The first-order chi connectivity index (χ1) is 8.38. The molecule has 0 saturated carbocycles. The number of pyridine rings is 2. The Morgan fingerprint density at radius 2 is 1.53 bits per heavy atom. The standard InChI is InChI=1S/C14H13N3/c1-2-17(11-13-5-3-7-15-9-13)12-14-6-4-8-16-10-14/h1,3-10H,11-12H2. The van der Waals surface area contributed by atoms with Crippen LogP contribution in [0.4, 0.5) is 0 Å². The van der Waals surface area contributed by atoms with E-state index in [0.29, 0.717) is 13.1 Å². The molecule has 2 aromatic rings. The van der Waals surface area contributed by atoms with Gasteiger partial charge in [0.1, 0.15) is 0 Å². The second kappa shape index (κ2) is 5.66. The lowest BCUT2D eigenvalue weighted by Crippen LogP contribution is -2.16. The molecule has 3 nitrogen and oxygen atoms in total. The maximum absolute atomic E-state index is 5.50. The van der Waals surface area contributed by atoms with Crippen LogP contribution in [0.3, 0.4) is 0 Å². The molecule has 0 radical (unpaired) electrons. The van der Waals surface area contributed by atoms with Gasteiger partial charge in [-0.15, -0.1) is 0 Å². The van der Waals surface area contributed by atoms with E-state index in [1.54, 1.807) is 12.4 Å². The Morgan fingerprint density at radius 1 is 1.00 bits per heavy atom. The van der Waals surface area contributed by atoms with Crippen LogP contribution in [0.1, 0.15) is 11.1 Å². The van der Waals surface area contributed by atoms with Crippen LogP contribution in [0.5, 0.6) is 0 Å². The Hall–Kier alpha value is -2.34. The van der Waals surface area contributed by atoms with Crippen molar-refractivity contribution < 1.29 is 0 Å². The molecule has 0 amide bonds. The van der Waals surface area contributed by atoms with Crippen LogP contribution in [0.2, 0.25) is 0 Å². The molecule has 2 rings (SSSR count). The first-order valence-electron chi connectivity index (χ1n) is 5.37. The minimum atomic E-state index is 0.694. The molecule has 0 aliphatic heterocycles. The summed E-state index contributed by atoms with van der Waals surface area (Å²) in [6, 6.07) is 10.5. The van der Waals surface area contributed by atoms with E-state index in [1.807, 2.05) is 41.6 Å². The molecule has 2 aromatic heterocycles. The van der Waals surface area contributed by atoms with Gasteiger partial charge >= 0.3 is 0 Å². The zero-order chi connectivity index (χ0) is 11.9. The second-order valence-electron chi connectivity index (χ2n) is 3.71. The first-order valence-corrected chi connectivity index (χ1v) is 5.37. The Balaban J connectivity index is 2.01. The van der Waals surface area contributed by atoms with Gasteiger partial charge in [-0.05, 0) is 23.3 Å². The number of hydrogen-bond donors (Lipinski definition) is 0. The summed E-state index contributed by atoms with van der Waals surface area (Å²) in [7, 11) is 0. The monoisotopic (exact) mass is 223 g/mol. The quantitative estimate of drug-likeness (QED) is 0.587. The fourth-order valence-electron chi connectivity index (χ4n) is 1.57. The van der Waals surface area contributed by atoms with Crippen LogP contribution in [-0.4, -0.2) is 14.9 Å². The van der Waals surface area contributed by atoms with E-state index in [9.17, 15) is 0 Å². The molecule has 0 N–H and O–H groups in total. The van der Waals surface area contributed by atoms with Gasteiger partial charge in [-0.25, -0.2) is 0 Å². The summed E-state index contributed by atoms with van der Waals surface area (Å²) in [4.78, 5) is 10.0. The molecule has 0 aliphatic rings. The van der Waals surface area contributed by atoms with Gasteiger partial charge in [-0.2, -0.15) is 0 Å². The van der Waals surface area contributed by atoms with Crippen LogP contribution in [-0.2, 0) is 13.1 Å². The minimum Gasteiger partial charge on any atom is -0.324 e. The number of hydrogen-bond acceptors (Lipinski definition) is 3. The average Bonchev–Trinajstić information content (AvgIpc) is 2.40. The van der Waals surface area contributed by atoms with Gasteiger partial charge < -0.3 is 4.90 Å².